The molecule has 1 saturated heterocycles. The third kappa shape index (κ3) is 10.0. The molecule has 12 nitrogen and oxygen atoms in total. The molecule has 1 aromatic heterocycles. The molecule has 0 spiro atoms. The van der Waals surface area contributed by atoms with Crippen molar-refractivity contribution in [2.24, 2.45) is 21.7 Å². The Kier molecular flexibility index (Phi) is 11.3. The molecule has 1 amide bonds. The van der Waals surface area contributed by atoms with Crippen molar-refractivity contribution in [2.75, 3.05) is 6.61 Å². The van der Waals surface area contributed by atoms with Gasteiger partial charge in [-0.3, -0.25) is 29.0 Å². The number of aromatic nitrogens is 1. The van der Waals surface area contributed by atoms with Gasteiger partial charge in [0.15, 0.2) is 24.5 Å². The van der Waals surface area contributed by atoms with Crippen LogP contribution in [-0.4, -0.2) is 72.0 Å². The zero-order chi connectivity index (χ0) is 33.8. The van der Waals surface area contributed by atoms with Crippen molar-refractivity contribution in [1.82, 2.24) is 10.3 Å². The number of amides is 1. The Bertz CT molecular complexity index is 1200. The molecule has 1 aromatic rings. The summed E-state index contributed by atoms with van der Waals surface area (Å²) in [5.74, 6) is -3.31. The van der Waals surface area contributed by atoms with E-state index in [1.165, 1.54) is 12.3 Å². The summed E-state index contributed by atoms with van der Waals surface area (Å²) in [6.07, 6.45) is -5.60. The van der Waals surface area contributed by atoms with Crippen LogP contribution in [0.15, 0.2) is 24.4 Å². The van der Waals surface area contributed by atoms with Crippen LogP contribution in [-0.2, 0) is 42.9 Å². The second-order valence-corrected chi connectivity index (χ2v) is 15.0. The summed E-state index contributed by atoms with van der Waals surface area (Å²) in [4.78, 5) is 69.8. The van der Waals surface area contributed by atoms with E-state index in [1.54, 1.807) is 95.2 Å². The Hall–Kier alpha value is -3.54. The Morgan fingerprint density at radius 2 is 1.14 bits per heavy atom. The van der Waals surface area contributed by atoms with E-state index in [2.05, 4.69) is 10.3 Å². The van der Waals surface area contributed by atoms with Crippen LogP contribution in [0.4, 0.5) is 0 Å². The van der Waals surface area contributed by atoms with E-state index >= 15 is 0 Å². The summed E-state index contributed by atoms with van der Waals surface area (Å²) in [5, 5.41) is 2.66. The largest absolute Gasteiger partial charge is 0.462 e. The van der Waals surface area contributed by atoms with Crippen LogP contribution >= 0.6 is 0 Å². The number of nitrogens with one attached hydrogen (secondary N) is 1. The van der Waals surface area contributed by atoms with E-state index in [9.17, 15) is 24.0 Å². The minimum absolute atomic E-state index is 0.0391. The lowest BCUT2D eigenvalue weighted by Gasteiger charge is -2.46. The maximum atomic E-state index is 13.3. The number of hydrogen-bond donors (Lipinski definition) is 1. The van der Waals surface area contributed by atoms with Crippen LogP contribution in [0, 0.1) is 21.7 Å². The molecule has 0 aliphatic carbocycles. The minimum atomic E-state index is -1.48. The monoisotopic (exact) mass is 620 g/mol. The number of ether oxygens (including phenoxy) is 5. The van der Waals surface area contributed by atoms with Gasteiger partial charge >= 0.3 is 23.9 Å². The first-order valence-corrected chi connectivity index (χ1v) is 14.6. The van der Waals surface area contributed by atoms with Crippen molar-refractivity contribution in [2.45, 2.75) is 114 Å². The summed E-state index contributed by atoms with van der Waals surface area (Å²) >= 11 is 0. The fourth-order valence-electron chi connectivity index (χ4n) is 3.55. The maximum Gasteiger partial charge on any atom is 0.311 e. The quantitative estimate of drug-likeness (QED) is 0.347. The second-order valence-electron chi connectivity index (χ2n) is 15.0. The van der Waals surface area contributed by atoms with Crippen LogP contribution in [0.3, 0.4) is 0 Å². The fraction of sp³-hybridized carbons (Fsp3) is 0.688. The lowest BCUT2D eigenvalue weighted by atomic mass is 9.92. The van der Waals surface area contributed by atoms with Crippen molar-refractivity contribution < 1.29 is 47.7 Å². The molecule has 2 heterocycles. The van der Waals surface area contributed by atoms with E-state index in [1.807, 2.05) is 0 Å². The summed E-state index contributed by atoms with van der Waals surface area (Å²) in [5.41, 5.74) is -3.85. The average molecular weight is 621 g/mol. The number of hydrogen-bond acceptors (Lipinski definition) is 11. The van der Waals surface area contributed by atoms with Crippen LogP contribution in [0.5, 0.6) is 0 Å². The van der Waals surface area contributed by atoms with Crippen LogP contribution in [0.1, 0.15) is 93.6 Å². The Balaban J connectivity index is 2.70. The molecular weight excluding hydrogens is 572 g/mol. The van der Waals surface area contributed by atoms with Crippen LogP contribution < -0.4 is 5.32 Å². The van der Waals surface area contributed by atoms with E-state index in [-0.39, 0.29) is 5.69 Å². The molecule has 2 rings (SSSR count). The molecule has 1 N–H and O–H groups in total. The molecule has 1 aliphatic heterocycles. The highest BCUT2D eigenvalue weighted by Gasteiger charge is 2.55. The molecule has 12 heteroatoms. The van der Waals surface area contributed by atoms with Crippen molar-refractivity contribution in [3.05, 3.63) is 30.1 Å². The number of pyridine rings is 1. The molecule has 0 unspecified atom stereocenters. The molecule has 0 radical (unpaired) electrons. The minimum Gasteiger partial charge on any atom is -0.462 e. The smallest absolute Gasteiger partial charge is 0.311 e. The third-order valence-electron chi connectivity index (χ3n) is 6.36. The number of esters is 4. The van der Waals surface area contributed by atoms with E-state index in [0.717, 1.165) is 0 Å². The van der Waals surface area contributed by atoms with Gasteiger partial charge in [0, 0.05) is 6.20 Å². The van der Waals surface area contributed by atoms with Crippen molar-refractivity contribution in [3.63, 3.8) is 0 Å². The SMILES string of the molecule is CC(C)(C)C(=O)OC[C@@H]1O[C@H](NC(=O)c2ccccn2)[C@H](OC(=O)C(C)(C)C)[C@H](OC(=O)C(C)(C)C)[C@H]1OC(=O)C(C)(C)C. The molecule has 1 fully saturated rings. The van der Waals surface area contributed by atoms with Crippen molar-refractivity contribution in [3.8, 4) is 0 Å². The summed E-state index contributed by atoms with van der Waals surface area (Å²) < 4.78 is 29.5. The summed E-state index contributed by atoms with van der Waals surface area (Å²) in [6.45, 7) is 19.2. The van der Waals surface area contributed by atoms with Crippen molar-refractivity contribution >= 4 is 29.8 Å². The van der Waals surface area contributed by atoms with Crippen molar-refractivity contribution in [1.29, 1.82) is 0 Å². The number of rotatable bonds is 7. The molecule has 0 bridgehead atoms. The number of carbonyl (C=O) groups excluding carboxylic acids is 5. The van der Waals surface area contributed by atoms with E-state index < -0.39 is 88.7 Å². The van der Waals surface area contributed by atoms with Gasteiger partial charge in [-0.25, -0.2) is 0 Å². The molecule has 5 atom stereocenters. The first-order valence-electron chi connectivity index (χ1n) is 14.6. The van der Waals surface area contributed by atoms with Crippen LogP contribution in [0.25, 0.3) is 0 Å². The molecule has 0 saturated carbocycles. The van der Waals surface area contributed by atoms with Gasteiger partial charge in [-0.2, -0.15) is 0 Å². The normalized spacial score (nSPS) is 22.8. The topological polar surface area (TPSA) is 156 Å². The average Bonchev–Trinajstić information content (AvgIpc) is 2.88. The number of nitrogens with zero attached hydrogens (tertiary/aromatic N) is 1. The van der Waals surface area contributed by atoms with Gasteiger partial charge in [-0.1, -0.05) is 6.07 Å². The Labute approximate surface area is 259 Å². The Morgan fingerprint density at radius 3 is 1.57 bits per heavy atom. The Morgan fingerprint density at radius 1 is 0.682 bits per heavy atom. The maximum absolute atomic E-state index is 13.3. The predicted molar refractivity (Wildman–Crippen MR) is 159 cm³/mol. The van der Waals surface area contributed by atoms with Gasteiger partial charge in [0.1, 0.15) is 18.4 Å². The van der Waals surface area contributed by atoms with E-state index in [4.69, 9.17) is 23.7 Å². The highest BCUT2D eigenvalue weighted by molar-refractivity contribution is 5.92. The molecule has 44 heavy (non-hydrogen) atoms. The zero-order valence-corrected chi connectivity index (χ0v) is 27.9. The van der Waals surface area contributed by atoms with Gasteiger partial charge in [-0.15, -0.1) is 0 Å². The van der Waals surface area contributed by atoms with E-state index in [0.29, 0.717) is 0 Å². The predicted octanol–water partition coefficient (Wildman–Crippen LogP) is 4.00. The standard InChI is InChI=1S/C32H48N2O10/c1-29(2,3)25(36)40-17-19-20(42-26(37)30(4,5)6)21(43-27(38)31(7,8)9)22(44-28(39)32(10,11)12)24(41-19)34-23(35)18-15-13-14-16-33-18/h13-16,19-22,24H,17H2,1-12H3,(H,34,35)/t19-,20-,21+,22+,24-/m0/s1. The molecule has 0 aromatic carbocycles. The lowest BCUT2D eigenvalue weighted by Crippen LogP contribution is -2.67. The van der Waals surface area contributed by atoms with Gasteiger partial charge < -0.3 is 29.0 Å². The first kappa shape index (κ1) is 36.7. The highest BCUT2D eigenvalue weighted by Crippen LogP contribution is 2.33. The lowest BCUT2D eigenvalue weighted by molar-refractivity contribution is -0.263. The third-order valence-corrected chi connectivity index (χ3v) is 6.36. The van der Waals surface area contributed by atoms with Gasteiger partial charge in [0.05, 0.1) is 21.7 Å². The number of carbonyl (C=O) groups is 5. The van der Waals surface area contributed by atoms with Gasteiger partial charge in [-0.05, 0) is 95.2 Å². The highest BCUT2D eigenvalue weighted by atomic mass is 16.7. The molecule has 246 valence electrons. The summed E-state index contributed by atoms with van der Waals surface area (Å²) in [7, 11) is 0. The fourth-order valence-corrected chi connectivity index (χ4v) is 3.55. The molecular formula is C32H48N2O10. The van der Waals surface area contributed by atoms with Gasteiger partial charge in [0.2, 0.25) is 0 Å². The first-order chi connectivity index (χ1) is 19.9. The summed E-state index contributed by atoms with van der Waals surface area (Å²) in [6, 6.07) is 4.73. The second kappa shape index (κ2) is 13.6. The zero-order valence-electron chi connectivity index (χ0n) is 27.9. The van der Waals surface area contributed by atoms with Crippen LogP contribution in [0.2, 0.25) is 0 Å². The molecule has 1 aliphatic rings. The van der Waals surface area contributed by atoms with Gasteiger partial charge in [0.25, 0.3) is 5.91 Å².